The Balaban J connectivity index is 1.96. The molecule has 1 heterocycles. The summed E-state index contributed by atoms with van der Waals surface area (Å²) in [6.07, 6.45) is 1.46. The Morgan fingerprint density at radius 3 is 2.83 bits per heavy atom. The van der Waals surface area contributed by atoms with E-state index in [4.69, 9.17) is 0 Å². The van der Waals surface area contributed by atoms with E-state index in [1.54, 1.807) is 6.07 Å². The number of aliphatic hydroxyl groups excluding tert-OH is 1. The number of likely N-dealkylation sites (N-methyl/N-ethyl adjacent to an activating group) is 1. The number of hydrogen-bond acceptors (Lipinski definition) is 3. The van der Waals surface area contributed by atoms with Crippen molar-refractivity contribution in [1.29, 1.82) is 0 Å². The number of carbonyl (C=O) groups is 1. The number of carbonyl (C=O) groups excluding carboxylic acids is 1. The number of amides is 2. The molecule has 7 heteroatoms. The quantitative estimate of drug-likeness (QED) is 0.743. The van der Waals surface area contributed by atoms with E-state index in [0.29, 0.717) is 24.9 Å². The molecule has 1 saturated heterocycles. The molecule has 3 atom stereocenters. The average Bonchev–Trinajstić information content (AvgIpc) is 2.90. The van der Waals surface area contributed by atoms with Crippen LogP contribution in [0.4, 0.5) is 13.6 Å². The summed E-state index contributed by atoms with van der Waals surface area (Å²) >= 11 is 0. The highest BCUT2D eigenvalue weighted by atomic mass is 19.2. The van der Waals surface area contributed by atoms with E-state index in [2.05, 4.69) is 10.6 Å². The molecule has 0 radical (unpaired) electrons. The summed E-state index contributed by atoms with van der Waals surface area (Å²) < 4.78 is 26.6. The number of benzene rings is 1. The standard InChI is InChI=1S/C17H25F2N3O2/c1-3-12(23)6-8-20-17(24)21-15-7-9-22(2)16(15)11-4-5-13(18)14(19)10-11/h4-5,10,12,15-16,23H,3,6-9H2,1-2H3,(H2,20,21,24). The predicted molar refractivity (Wildman–Crippen MR) is 87.6 cm³/mol. The molecule has 2 rings (SSSR count). The Morgan fingerprint density at radius 2 is 2.17 bits per heavy atom. The molecular formula is C17H25F2N3O2. The van der Waals surface area contributed by atoms with E-state index in [0.717, 1.165) is 19.0 Å². The lowest BCUT2D eigenvalue weighted by atomic mass is 10.00. The van der Waals surface area contributed by atoms with Crippen molar-refractivity contribution < 1.29 is 18.7 Å². The summed E-state index contributed by atoms with van der Waals surface area (Å²) in [6.45, 7) is 3.02. The largest absolute Gasteiger partial charge is 0.393 e. The van der Waals surface area contributed by atoms with Crippen molar-refractivity contribution >= 4 is 6.03 Å². The summed E-state index contributed by atoms with van der Waals surface area (Å²) in [5, 5.41) is 15.1. The highest BCUT2D eigenvalue weighted by Gasteiger charge is 2.34. The topological polar surface area (TPSA) is 64.6 Å². The van der Waals surface area contributed by atoms with Crippen molar-refractivity contribution in [3.05, 3.63) is 35.4 Å². The first-order valence-corrected chi connectivity index (χ1v) is 8.30. The van der Waals surface area contributed by atoms with E-state index in [1.165, 1.54) is 6.07 Å². The Kier molecular flexibility index (Phi) is 6.51. The summed E-state index contributed by atoms with van der Waals surface area (Å²) in [4.78, 5) is 14.0. The molecule has 1 aromatic rings. The van der Waals surface area contributed by atoms with Crippen LogP contribution in [0.3, 0.4) is 0 Å². The minimum absolute atomic E-state index is 0.184. The van der Waals surface area contributed by atoms with Crippen LogP contribution in [0.15, 0.2) is 18.2 Å². The van der Waals surface area contributed by atoms with Gasteiger partial charge in [-0.05, 0) is 44.0 Å². The van der Waals surface area contributed by atoms with Crippen molar-refractivity contribution in [1.82, 2.24) is 15.5 Å². The van der Waals surface area contributed by atoms with Gasteiger partial charge in [0.2, 0.25) is 0 Å². The van der Waals surface area contributed by atoms with Gasteiger partial charge in [0, 0.05) is 13.1 Å². The molecule has 3 unspecified atom stereocenters. The summed E-state index contributed by atoms with van der Waals surface area (Å²) in [5.41, 5.74) is 0.639. The van der Waals surface area contributed by atoms with Crippen LogP contribution in [0, 0.1) is 11.6 Å². The molecule has 24 heavy (non-hydrogen) atoms. The van der Waals surface area contributed by atoms with Gasteiger partial charge in [0.1, 0.15) is 0 Å². The lowest BCUT2D eigenvalue weighted by molar-refractivity contribution is 0.159. The van der Waals surface area contributed by atoms with Crippen molar-refractivity contribution in [2.24, 2.45) is 0 Å². The van der Waals surface area contributed by atoms with Crippen LogP contribution in [0.1, 0.15) is 37.8 Å². The van der Waals surface area contributed by atoms with Gasteiger partial charge in [0.25, 0.3) is 0 Å². The number of nitrogens with zero attached hydrogens (tertiary/aromatic N) is 1. The second-order valence-electron chi connectivity index (χ2n) is 6.25. The maximum atomic E-state index is 13.5. The normalized spacial score (nSPS) is 22.4. The van der Waals surface area contributed by atoms with Gasteiger partial charge in [0.05, 0.1) is 18.2 Å². The summed E-state index contributed by atoms with van der Waals surface area (Å²) in [6, 6.07) is 3.15. The molecule has 1 fully saturated rings. The fourth-order valence-corrected chi connectivity index (χ4v) is 3.06. The lowest BCUT2D eigenvalue weighted by Crippen LogP contribution is -2.45. The van der Waals surface area contributed by atoms with Crippen LogP contribution in [0.25, 0.3) is 0 Å². The summed E-state index contributed by atoms with van der Waals surface area (Å²) in [5.74, 6) is -1.76. The van der Waals surface area contributed by atoms with Crippen LogP contribution in [0.5, 0.6) is 0 Å². The second-order valence-corrected chi connectivity index (χ2v) is 6.25. The van der Waals surface area contributed by atoms with Crippen LogP contribution < -0.4 is 10.6 Å². The highest BCUT2D eigenvalue weighted by Crippen LogP contribution is 2.31. The van der Waals surface area contributed by atoms with E-state index < -0.39 is 17.7 Å². The zero-order chi connectivity index (χ0) is 17.7. The molecule has 1 aromatic carbocycles. The number of likely N-dealkylation sites (tertiary alicyclic amines) is 1. The Hall–Kier alpha value is -1.73. The Morgan fingerprint density at radius 1 is 1.42 bits per heavy atom. The third-order valence-corrected chi connectivity index (χ3v) is 4.48. The third-order valence-electron chi connectivity index (χ3n) is 4.48. The smallest absolute Gasteiger partial charge is 0.315 e. The molecular weight excluding hydrogens is 316 g/mol. The lowest BCUT2D eigenvalue weighted by Gasteiger charge is -2.26. The number of urea groups is 1. The zero-order valence-electron chi connectivity index (χ0n) is 14.1. The van der Waals surface area contributed by atoms with Crippen LogP contribution in [0.2, 0.25) is 0 Å². The third kappa shape index (κ3) is 4.64. The van der Waals surface area contributed by atoms with E-state index in [1.807, 2.05) is 18.9 Å². The maximum Gasteiger partial charge on any atom is 0.315 e. The minimum atomic E-state index is -0.885. The number of nitrogens with one attached hydrogen (secondary N) is 2. The van der Waals surface area contributed by atoms with Crippen molar-refractivity contribution in [2.75, 3.05) is 20.1 Å². The minimum Gasteiger partial charge on any atom is -0.393 e. The van der Waals surface area contributed by atoms with Gasteiger partial charge in [0.15, 0.2) is 11.6 Å². The van der Waals surface area contributed by atoms with Gasteiger partial charge in [-0.3, -0.25) is 4.90 Å². The molecule has 5 nitrogen and oxygen atoms in total. The fraction of sp³-hybridized carbons (Fsp3) is 0.588. The van der Waals surface area contributed by atoms with Crippen LogP contribution >= 0.6 is 0 Å². The first-order valence-electron chi connectivity index (χ1n) is 8.30. The van der Waals surface area contributed by atoms with Gasteiger partial charge in [-0.1, -0.05) is 13.0 Å². The van der Waals surface area contributed by atoms with Gasteiger partial charge in [-0.2, -0.15) is 0 Å². The number of rotatable bonds is 6. The van der Waals surface area contributed by atoms with Gasteiger partial charge in [-0.25, -0.2) is 13.6 Å². The molecule has 0 aromatic heterocycles. The molecule has 3 N–H and O–H groups in total. The molecule has 0 saturated carbocycles. The summed E-state index contributed by atoms with van der Waals surface area (Å²) in [7, 11) is 1.89. The number of aliphatic hydroxyl groups is 1. The van der Waals surface area contributed by atoms with Crippen molar-refractivity contribution in [3.63, 3.8) is 0 Å². The SMILES string of the molecule is CCC(O)CCNC(=O)NC1CCN(C)C1c1ccc(F)c(F)c1. The van der Waals surface area contributed by atoms with E-state index in [-0.39, 0.29) is 18.1 Å². The second kappa shape index (κ2) is 8.39. The molecule has 2 amide bonds. The highest BCUT2D eigenvalue weighted by molar-refractivity contribution is 5.74. The van der Waals surface area contributed by atoms with Gasteiger partial charge in [-0.15, -0.1) is 0 Å². The maximum absolute atomic E-state index is 13.5. The molecule has 0 spiro atoms. The van der Waals surface area contributed by atoms with Crippen LogP contribution in [-0.4, -0.2) is 48.3 Å². The van der Waals surface area contributed by atoms with E-state index in [9.17, 15) is 18.7 Å². The van der Waals surface area contributed by atoms with Gasteiger partial charge >= 0.3 is 6.03 Å². The van der Waals surface area contributed by atoms with Crippen LogP contribution in [-0.2, 0) is 0 Å². The predicted octanol–water partition coefficient (Wildman–Crippen LogP) is 2.17. The number of halogens is 2. The first kappa shape index (κ1) is 18.6. The monoisotopic (exact) mass is 341 g/mol. The van der Waals surface area contributed by atoms with E-state index >= 15 is 0 Å². The average molecular weight is 341 g/mol. The Bertz CT molecular complexity index is 571. The molecule has 0 bridgehead atoms. The molecule has 134 valence electrons. The van der Waals surface area contributed by atoms with Crippen molar-refractivity contribution in [3.8, 4) is 0 Å². The first-order chi connectivity index (χ1) is 11.4. The zero-order valence-corrected chi connectivity index (χ0v) is 14.1. The van der Waals surface area contributed by atoms with Crippen molar-refractivity contribution in [2.45, 2.75) is 44.4 Å². The van der Waals surface area contributed by atoms with Gasteiger partial charge < -0.3 is 15.7 Å². The molecule has 1 aliphatic rings. The number of hydrogen-bond donors (Lipinski definition) is 3. The fourth-order valence-electron chi connectivity index (χ4n) is 3.06. The molecule has 1 aliphatic heterocycles. The molecule has 0 aliphatic carbocycles. The Labute approximate surface area is 141 Å².